The van der Waals surface area contributed by atoms with Gasteiger partial charge >= 0.3 is 5.97 Å². The average molecular weight is 646 g/mol. The highest BCUT2D eigenvalue weighted by Crippen LogP contribution is 2.53. The van der Waals surface area contributed by atoms with Crippen molar-refractivity contribution in [2.24, 2.45) is 29.4 Å². The number of carbonyl (C=O) groups excluding carboxylic acids is 3. The van der Waals surface area contributed by atoms with Gasteiger partial charge in [0.15, 0.2) is 5.78 Å². The van der Waals surface area contributed by atoms with Gasteiger partial charge in [0.1, 0.15) is 18.6 Å². The Labute approximate surface area is 265 Å². The van der Waals surface area contributed by atoms with Crippen LogP contribution in [-0.4, -0.2) is 137 Å². The molecule has 0 aromatic carbocycles. The van der Waals surface area contributed by atoms with Crippen LogP contribution in [0.1, 0.15) is 39.5 Å². The van der Waals surface area contributed by atoms with Crippen LogP contribution in [0.2, 0.25) is 0 Å². The Morgan fingerprint density at radius 3 is 2.76 bits per heavy atom. The summed E-state index contributed by atoms with van der Waals surface area (Å²) in [7, 11) is 0. The van der Waals surface area contributed by atoms with Gasteiger partial charge in [-0.25, -0.2) is 9.48 Å². The number of Topliss-reactive ketones (excluding diaryl/α,β-unsaturated/α-hetero) is 1. The third-order valence-electron chi connectivity index (χ3n) is 10.3. The molecule has 6 heterocycles. The second kappa shape index (κ2) is 13.1. The van der Waals surface area contributed by atoms with Gasteiger partial charge in [0, 0.05) is 67.8 Å². The lowest BCUT2D eigenvalue weighted by molar-refractivity contribution is -0.160. The third kappa shape index (κ3) is 6.14. The number of rotatable bonds is 12. The largest absolute Gasteiger partial charge is 0.477 e. The average Bonchev–Trinajstić information content (AvgIpc) is 3.80. The number of amides is 2. The van der Waals surface area contributed by atoms with E-state index in [1.807, 2.05) is 18.7 Å². The zero-order valence-corrected chi connectivity index (χ0v) is 26.5. The number of fused-ring (bicyclic) bond motifs is 2. The number of likely N-dealkylation sites (tertiary alicyclic amines) is 2. The van der Waals surface area contributed by atoms with E-state index in [0.29, 0.717) is 30.3 Å². The van der Waals surface area contributed by atoms with Crippen molar-refractivity contribution in [3.63, 3.8) is 0 Å². The van der Waals surface area contributed by atoms with Gasteiger partial charge in [0.25, 0.3) is 0 Å². The van der Waals surface area contributed by atoms with Gasteiger partial charge in [-0.3, -0.25) is 14.4 Å². The molecule has 16 heteroatoms. The molecular weight excluding hydrogens is 602 g/mol. The molecule has 5 N–H and O–H groups in total. The Kier molecular flexibility index (Phi) is 9.30. The molecule has 5 aliphatic rings. The van der Waals surface area contributed by atoms with Crippen LogP contribution in [0.4, 0.5) is 0 Å². The Balaban J connectivity index is 1.05. The highest BCUT2D eigenvalue weighted by molar-refractivity contribution is 8.03. The van der Waals surface area contributed by atoms with Crippen LogP contribution in [0.25, 0.3) is 0 Å². The van der Waals surface area contributed by atoms with E-state index in [0.717, 1.165) is 32.5 Å². The first-order valence-electron chi connectivity index (χ1n) is 15.9. The number of β-lactam (4-membered cyclic amide) rings is 1. The van der Waals surface area contributed by atoms with Crippen LogP contribution in [0.15, 0.2) is 16.9 Å². The number of piperidine rings is 1. The van der Waals surface area contributed by atoms with E-state index in [1.54, 1.807) is 0 Å². The van der Waals surface area contributed by atoms with E-state index in [2.05, 4.69) is 25.7 Å². The number of hydrogen-bond donors (Lipinski definition) is 4. The van der Waals surface area contributed by atoms with Crippen LogP contribution >= 0.6 is 11.8 Å². The smallest absolute Gasteiger partial charge is 0.353 e. The molecule has 3 unspecified atom stereocenters. The van der Waals surface area contributed by atoms with Crippen molar-refractivity contribution < 1.29 is 29.4 Å². The summed E-state index contributed by atoms with van der Waals surface area (Å²) in [5, 5.41) is 34.3. The van der Waals surface area contributed by atoms with Crippen molar-refractivity contribution in [3.05, 3.63) is 16.9 Å². The first-order chi connectivity index (χ1) is 21.6. The van der Waals surface area contributed by atoms with Crippen LogP contribution < -0.4 is 11.1 Å². The molecule has 246 valence electrons. The normalized spacial score (nSPS) is 32.8. The second-order valence-electron chi connectivity index (χ2n) is 13.3. The number of aliphatic carboxylic acids is 1. The van der Waals surface area contributed by atoms with Crippen molar-refractivity contribution in [2.45, 2.75) is 75.6 Å². The Morgan fingerprint density at radius 1 is 1.24 bits per heavy atom. The van der Waals surface area contributed by atoms with Gasteiger partial charge < -0.3 is 36.0 Å². The zero-order valence-electron chi connectivity index (χ0n) is 25.7. The van der Waals surface area contributed by atoms with Crippen molar-refractivity contribution in [2.75, 3.05) is 39.3 Å². The number of nitrogens with two attached hydrogens (primary N) is 1. The number of ketones is 1. The van der Waals surface area contributed by atoms with Crippen molar-refractivity contribution in [3.8, 4) is 0 Å². The lowest BCUT2D eigenvalue weighted by Crippen LogP contribution is -2.62. The number of carboxylic acids is 1. The summed E-state index contributed by atoms with van der Waals surface area (Å²) >= 11 is 1.47. The molecule has 6 rings (SSSR count). The van der Waals surface area contributed by atoms with Crippen LogP contribution in [-0.2, 0) is 25.7 Å². The van der Waals surface area contributed by atoms with Gasteiger partial charge in [-0.1, -0.05) is 13.8 Å². The predicted molar refractivity (Wildman–Crippen MR) is 162 cm³/mol. The molecule has 9 atom stereocenters. The van der Waals surface area contributed by atoms with Crippen LogP contribution in [0, 0.1) is 23.7 Å². The van der Waals surface area contributed by atoms with Gasteiger partial charge in [-0.2, -0.15) is 0 Å². The summed E-state index contributed by atoms with van der Waals surface area (Å²) in [6.07, 6.45) is 3.40. The lowest BCUT2D eigenvalue weighted by Gasteiger charge is -2.47. The molecule has 0 aliphatic carbocycles. The van der Waals surface area contributed by atoms with Crippen molar-refractivity contribution >= 4 is 35.3 Å². The molecule has 1 aromatic rings. The fourth-order valence-corrected chi connectivity index (χ4v) is 9.66. The molecule has 0 bridgehead atoms. The molecule has 15 nitrogen and oxygen atoms in total. The minimum Gasteiger partial charge on any atom is -0.477 e. The van der Waals surface area contributed by atoms with Crippen molar-refractivity contribution in [1.82, 2.24) is 40.2 Å². The van der Waals surface area contributed by atoms with Gasteiger partial charge in [0.2, 0.25) is 11.8 Å². The molecular formula is C29H43N9O6S. The van der Waals surface area contributed by atoms with E-state index in [9.17, 15) is 29.4 Å². The Hall–Kier alpha value is -2.92. The Morgan fingerprint density at radius 2 is 2.04 bits per heavy atom. The maximum Gasteiger partial charge on any atom is 0.353 e. The van der Waals surface area contributed by atoms with Crippen LogP contribution in [0.5, 0.6) is 0 Å². The first-order valence-corrected chi connectivity index (χ1v) is 16.8. The number of carboxylic acid groups (broad SMARTS) is 1. The van der Waals surface area contributed by atoms with E-state index in [4.69, 9.17) is 5.73 Å². The van der Waals surface area contributed by atoms with Gasteiger partial charge in [-0.15, -0.1) is 16.9 Å². The summed E-state index contributed by atoms with van der Waals surface area (Å²) in [4.78, 5) is 58.4. The minimum absolute atomic E-state index is 0.00806. The number of aliphatic hydroxyl groups is 1. The summed E-state index contributed by atoms with van der Waals surface area (Å²) in [6, 6.07) is -0.449. The van der Waals surface area contributed by atoms with E-state index in [-0.39, 0.29) is 78.0 Å². The highest BCUT2D eigenvalue weighted by atomic mass is 32.2. The maximum absolute atomic E-state index is 13.7. The number of tetrazole rings is 1. The summed E-state index contributed by atoms with van der Waals surface area (Å²) in [6.45, 7) is 7.62. The first kappa shape index (κ1) is 32.0. The molecule has 4 fully saturated rings. The SMILES string of the molecule is C[C@@H](CC(=O)Cn1cnnn1)[C@H]1C(=O)N2C(C(=O)O)=C(S[C@@H]3CNC(C(=O)N4CCC5CN(C[C@@H](O)CN)CCC54)C3)[C@H](C)[C@H]12. The highest BCUT2D eigenvalue weighted by Gasteiger charge is 2.60. The quantitative estimate of drug-likeness (QED) is 0.197. The standard InChI is InChI=1S/C29H43N9O6S/c1-15(7-18(39)13-36-14-32-33-34-36)23-24-16(2)26(25(29(43)44)38(24)28(23)42)45-20-8-21(31-10-20)27(41)37-6-3-17-11-35(5-4-22(17)37)12-19(40)9-30/h14-17,19-24,31,40H,3-13,30H2,1-2H3,(H,43,44)/t15-,16+,17?,19-,20-,21?,22?,23+,24+/m0/s1. The number of β-amino-alcohol motifs (C(OH)–C–C–N with tert-alkyl or cyclic N) is 1. The number of nitrogens with zero attached hydrogens (tertiary/aromatic N) is 7. The topological polar surface area (TPSA) is 200 Å². The Bertz CT molecular complexity index is 1340. The fourth-order valence-electron chi connectivity index (χ4n) is 8.18. The van der Waals surface area contributed by atoms with Gasteiger partial charge in [-0.05, 0) is 41.5 Å². The molecule has 4 saturated heterocycles. The molecule has 0 saturated carbocycles. The van der Waals surface area contributed by atoms with E-state index < -0.39 is 18.0 Å². The number of aliphatic hydroxyl groups excluding tert-OH is 1. The molecule has 5 aliphatic heterocycles. The minimum atomic E-state index is -1.13. The molecule has 2 amide bonds. The molecule has 0 spiro atoms. The monoisotopic (exact) mass is 645 g/mol. The van der Waals surface area contributed by atoms with E-state index >= 15 is 0 Å². The summed E-state index contributed by atoms with van der Waals surface area (Å²) < 4.78 is 1.34. The molecule has 1 aromatic heterocycles. The van der Waals surface area contributed by atoms with E-state index in [1.165, 1.54) is 27.7 Å². The van der Waals surface area contributed by atoms with Gasteiger partial charge in [0.05, 0.1) is 24.1 Å². The summed E-state index contributed by atoms with van der Waals surface area (Å²) in [5.74, 6) is -1.91. The van der Waals surface area contributed by atoms with Crippen molar-refractivity contribution in [1.29, 1.82) is 0 Å². The predicted octanol–water partition coefficient (Wildman–Crippen LogP) is -1.25. The third-order valence-corrected chi connectivity index (χ3v) is 11.8. The lowest BCUT2D eigenvalue weighted by atomic mass is 9.73. The molecule has 45 heavy (non-hydrogen) atoms. The fraction of sp³-hybridized carbons (Fsp3) is 0.759. The number of thioether (sulfide) groups is 1. The second-order valence-corrected chi connectivity index (χ2v) is 14.6. The van der Waals surface area contributed by atoms with Crippen LogP contribution in [0.3, 0.4) is 0 Å². The number of hydrogen-bond acceptors (Lipinski definition) is 12. The number of nitrogens with one attached hydrogen (secondary N) is 1. The zero-order chi connectivity index (χ0) is 32.0. The number of aromatic nitrogens is 4. The summed E-state index contributed by atoms with van der Waals surface area (Å²) in [5.41, 5.74) is 5.63. The maximum atomic E-state index is 13.7. The molecule has 0 radical (unpaired) electrons. The number of carbonyl (C=O) groups is 4.